The van der Waals surface area contributed by atoms with Crippen molar-refractivity contribution < 1.29 is 0 Å². The molecule has 0 heterocycles. The second kappa shape index (κ2) is 13.0. The Hall–Kier alpha value is -0.750. The van der Waals surface area contributed by atoms with E-state index in [1.54, 1.807) is 0 Å². The highest BCUT2D eigenvalue weighted by atomic mass is 35.5. The fraction of sp³-hybridized carbons (Fsp3) is 0.600. The summed E-state index contributed by atoms with van der Waals surface area (Å²) in [5.74, 6) is 2.20. The highest BCUT2D eigenvalue weighted by Crippen LogP contribution is 2.15. The van der Waals surface area contributed by atoms with E-state index in [-0.39, 0.29) is 0 Å². The minimum atomic E-state index is 0.577. The molecule has 0 fully saturated rings. The fourth-order valence-corrected chi connectivity index (χ4v) is 2.32. The molecule has 0 radical (unpaired) electrons. The predicted octanol–water partition coefficient (Wildman–Crippen LogP) is 7.08. The zero-order valence-corrected chi connectivity index (χ0v) is 15.3. The molecule has 0 aromatic rings. The third kappa shape index (κ3) is 14.0. The molecule has 1 unspecified atom stereocenters. The molecular formula is C20H33Cl. The minimum Gasteiger partial charge on any atom is -0.122 e. The Bertz CT molecular complexity index is 369. The van der Waals surface area contributed by atoms with E-state index in [0.717, 1.165) is 11.8 Å². The van der Waals surface area contributed by atoms with E-state index in [1.165, 1.54) is 36.8 Å². The second-order valence-electron chi connectivity index (χ2n) is 6.44. The van der Waals surface area contributed by atoms with Gasteiger partial charge in [0, 0.05) is 5.88 Å². The van der Waals surface area contributed by atoms with Gasteiger partial charge in [-0.2, -0.15) is 0 Å². The van der Waals surface area contributed by atoms with Gasteiger partial charge in [0.25, 0.3) is 0 Å². The normalized spacial score (nSPS) is 15.6. The van der Waals surface area contributed by atoms with Crippen LogP contribution in [0.15, 0.2) is 47.6 Å². The molecule has 0 spiro atoms. The Morgan fingerprint density at radius 1 is 1.00 bits per heavy atom. The number of alkyl halides is 1. The van der Waals surface area contributed by atoms with E-state index < -0.39 is 0 Å². The monoisotopic (exact) mass is 308 g/mol. The van der Waals surface area contributed by atoms with Crippen molar-refractivity contribution in [3.8, 4) is 0 Å². The van der Waals surface area contributed by atoms with E-state index >= 15 is 0 Å². The van der Waals surface area contributed by atoms with Crippen LogP contribution < -0.4 is 0 Å². The topological polar surface area (TPSA) is 0 Å². The van der Waals surface area contributed by atoms with Crippen molar-refractivity contribution in [1.82, 2.24) is 0 Å². The van der Waals surface area contributed by atoms with Crippen LogP contribution in [0.4, 0.5) is 0 Å². The number of hydrogen-bond donors (Lipinski definition) is 0. The predicted molar refractivity (Wildman–Crippen MR) is 99.0 cm³/mol. The van der Waals surface area contributed by atoms with E-state index in [1.807, 2.05) is 6.08 Å². The smallest absolute Gasteiger partial charge is 0.0409 e. The third-order valence-electron chi connectivity index (χ3n) is 3.51. The lowest BCUT2D eigenvalue weighted by Crippen LogP contribution is -1.95. The lowest BCUT2D eigenvalue weighted by molar-refractivity contribution is 0.461. The molecule has 0 bridgehead atoms. The maximum Gasteiger partial charge on any atom is 0.0409 e. The molecule has 0 saturated heterocycles. The van der Waals surface area contributed by atoms with Crippen LogP contribution in [0.3, 0.4) is 0 Å². The van der Waals surface area contributed by atoms with Crippen molar-refractivity contribution in [2.75, 3.05) is 5.88 Å². The van der Waals surface area contributed by atoms with Crippen LogP contribution in [0.25, 0.3) is 0 Å². The van der Waals surface area contributed by atoms with Crippen molar-refractivity contribution >= 4 is 11.6 Å². The molecule has 0 aliphatic heterocycles. The molecule has 0 nitrogen and oxygen atoms in total. The Morgan fingerprint density at radius 2 is 1.71 bits per heavy atom. The van der Waals surface area contributed by atoms with Gasteiger partial charge in [-0.3, -0.25) is 0 Å². The third-order valence-corrected chi connectivity index (χ3v) is 3.67. The zero-order chi connectivity index (χ0) is 16.1. The SMILES string of the molecule is CC(C=CCC(C)CCCC(C)C)=CC=CC(C)=CCCl. The summed E-state index contributed by atoms with van der Waals surface area (Å²) in [4.78, 5) is 0. The Labute approximate surface area is 137 Å². The first-order valence-corrected chi connectivity index (χ1v) is 8.73. The maximum atomic E-state index is 5.65. The van der Waals surface area contributed by atoms with Gasteiger partial charge < -0.3 is 0 Å². The van der Waals surface area contributed by atoms with Gasteiger partial charge in [0.2, 0.25) is 0 Å². The van der Waals surface area contributed by atoms with Crippen LogP contribution in [0, 0.1) is 11.8 Å². The summed E-state index contributed by atoms with van der Waals surface area (Å²) >= 11 is 5.65. The first-order chi connectivity index (χ1) is 9.95. The summed E-state index contributed by atoms with van der Waals surface area (Å²) in [7, 11) is 0. The van der Waals surface area contributed by atoms with E-state index in [0.29, 0.717) is 5.88 Å². The maximum absolute atomic E-state index is 5.65. The van der Waals surface area contributed by atoms with Crippen LogP contribution in [0.2, 0.25) is 0 Å². The summed E-state index contributed by atoms with van der Waals surface area (Å²) in [5, 5.41) is 0. The lowest BCUT2D eigenvalue weighted by atomic mass is 9.97. The van der Waals surface area contributed by atoms with E-state index in [2.05, 4.69) is 65.0 Å². The van der Waals surface area contributed by atoms with Gasteiger partial charge in [-0.25, -0.2) is 0 Å². The quantitative estimate of drug-likeness (QED) is 0.299. The van der Waals surface area contributed by atoms with E-state index in [9.17, 15) is 0 Å². The van der Waals surface area contributed by atoms with Gasteiger partial charge in [0.1, 0.15) is 0 Å². The van der Waals surface area contributed by atoms with Gasteiger partial charge in [-0.05, 0) is 32.1 Å². The number of allylic oxidation sites excluding steroid dienone is 8. The standard InChI is InChI=1S/C20H33Cl/c1-17(2)9-6-10-18(3)11-7-12-19(4)13-8-14-20(5)15-16-21/h7-8,12-15,17-18H,6,9-11,16H2,1-5H3. The molecule has 1 heteroatoms. The van der Waals surface area contributed by atoms with Crippen LogP contribution in [0.1, 0.15) is 60.3 Å². The second-order valence-corrected chi connectivity index (χ2v) is 6.75. The minimum absolute atomic E-state index is 0.577. The van der Waals surface area contributed by atoms with Gasteiger partial charge in [0.05, 0.1) is 0 Å². The highest BCUT2D eigenvalue weighted by molar-refractivity contribution is 6.18. The molecule has 120 valence electrons. The molecule has 0 amide bonds. The highest BCUT2D eigenvalue weighted by Gasteiger charge is 2.00. The number of hydrogen-bond acceptors (Lipinski definition) is 0. The van der Waals surface area contributed by atoms with Crippen molar-refractivity contribution in [1.29, 1.82) is 0 Å². The molecule has 0 aromatic carbocycles. The lowest BCUT2D eigenvalue weighted by Gasteiger charge is -2.09. The molecule has 0 aliphatic rings. The van der Waals surface area contributed by atoms with Crippen LogP contribution in [-0.2, 0) is 0 Å². The summed E-state index contributed by atoms with van der Waals surface area (Å²) in [6, 6.07) is 0. The molecule has 0 rings (SSSR count). The van der Waals surface area contributed by atoms with Crippen molar-refractivity contribution in [3.63, 3.8) is 0 Å². The first-order valence-electron chi connectivity index (χ1n) is 8.20. The average molecular weight is 309 g/mol. The van der Waals surface area contributed by atoms with Crippen LogP contribution >= 0.6 is 11.6 Å². The van der Waals surface area contributed by atoms with Crippen molar-refractivity contribution in [2.24, 2.45) is 11.8 Å². The Balaban J connectivity index is 4.03. The van der Waals surface area contributed by atoms with Crippen molar-refractivity contribution in [2.45, 2.75) is 60.3 Å². The number of halogens is 1. The van der Waals surface area contributed by atoms with Crippen LogP contribution in [-0.4, -0.2) is 5.88 Å². The Kier molecular flexibility index (Phi) is 12.5. The Morgan fingerprint density at radius 3 is 2.33 bits per heavy atom. The fourth-order valence-electron chi connectivity index (χ4n) is 2.08. The van der Waals surface area contributed by atoms with Gasteiger partial charge >= 0.3 is 0 Å². The molecular weight excluding hydrogens is 276 g/mol. The van der Waals surface area contributed by atoms with Gasteiger partial charge in [-0.1, -0.05) is 87.6 Å². The van der Waals surface area contributed by atoms with Crippen molar-refractivity contribution in [3.05, 3.63) is 47.6 Å². The molecule has 0 N–H and O–H groups in total. The average Bonchev–Trinajstić information content (AvgIpc) is 2.38. The van der Waals surface area contributed by atoms with E-state index in [4.69, 9.17) is 11.6 Å². The molecule has 0 aromatic heterocycles. The summed E-state index contributed by atoms with van der Waals surface area (Å²) in [6.07, 6.45) is 18.1. The molecule has 0 saturated carbocycles. The zero-order valence-electron chi connectivity index (χ0n) is 14.5. The molecule has 1 atom stereocenters. The summed E-state index contributed by atoms with van der Waals surface area (Å²) < 4.78 is 0. The van der Waals surface area contributed by atoms with Crippen LogP contribution in [0.5, 0.6) is 0 Å². The first kappa shape index (κ1) is 20.2. The molecule has 0 aliphatic carbocycles. The van der Waals surface area contributed by atoms with Gasteiger partial charge in [-0.15, -0.1) is 11.6 Å². The number of rotatable bonds is 10. The summed E-state index contributed by atoms with van der Waals surface area (Å²) in [6.45, 7) is 11.2. The van der Waals surface area contributed by atoms with Gasteiger partial charge in [0.15, 0.2) is 0 Å². The largest absolute Gasteiger partial charge is 0.122 e. The summed E-state index contributed by atoms with van der Waals surface area (Å²) in [5.41, 5.74) is 2.50. The molecule has 21 heavy (non-hydrogen) atoms.